The molecule has 6 nitrogen and oxygen atoms in total. The molecule has 21 heavy (non-hydrogen) atoms. The molecule has 0 saturated heterocycles. The van der Waals surface area contributed by atoms with Crippen LogP contribution in [-0.4, -0.2) is 32.3 Å². The highest BCUT2D eigenvalue weighted by Crippen LogP contribution is 2.34. The fourth-order valence-corrected chi connectivity index (χ4v) is 3.98. The first-order valence-electron chi connectivity index (χ1n) is 7.58. The summed E-state index contributed by atoms with van der Waals surface area (Å²) >= 11 is 1.85. The molecule has 0 amide bonds. The van der Waals surface area contributed by atoms with Crippen LogP contribution in [0.4, 0.5) is 11.5 Å². The molecule has 1 heterocycles. The van der Waals surface area contributed by atoms with E-state index in [0.717, 1.165) is 12.8 Å². The second-order valence-electron chi connectivity index (χ2n) is 5.58. The Bertz CT molecular complexity index is 503. The van der Waals surface area contributed by atoms with Gasteiger partial charge in [-0.25, -0.2) is 4.68 Å². The van der Waals surface area contributed by atoms with Crippen molar-refractivity contribution in [1.82, 2.24) is 9.78 Å². The molecule has 0 bridgehead atoms. The first-order valence-corrected chi connectivity index (χ1v) is 8.86. The summed E-state index contributed by atoms with van der Waals surface area (Å²) in [6.45, 7) is 2.01. The molecular formula is C14H24N4O2S. The Hall–Kier alpha value is -1.24. The van der Waals surface area contributed by atoms with E-state index in [4.69, 9.17) is 0 Å². The van der Waals surface area contributed by atoms with E-state index in [1.807, 2.05) is 18.7 Å². The standard InChI is InChI=1S/C14H24N4O2S/c1-4-7-11-13(18(19)20)14(17(2)16-11)15-10-8-5-6-9-12(10)21-3/h10,12,15H,4-9H2,1-3H3. The summed E-state index contributed by atoms with van der Waals surface area (Å²) in [5.74, 6) is 0.564. The molecule has 7 heteroatoms. The van der Waals surface area contributed by atoms with Crippen LogP contribution >= 0.6 is 11.8 Å². The Labute approximate surface area is 129 Å². The highest BCUT2D eigenvalue weighted by atomic mass is 32.2. The fraction of sp³-hybridized carbons (Fsp3) is 0.786. The highest BCUT2D eigenvalue weighted by molar-refractivity contribution is 7.99. The molecule has 0 aromatic carbocycles. The van der Waals surface area contributed by atoms with Crippen LogP contribution in [0.1, 0.15) is 44.7 Å². The number of aryl methyl sites for hydroxylation is 2. The van der Waals surface area contributed by atoms with Crippen LogP contribution in [0.15, 0.2) is 0 Å². The minimum atomic E-state index is -0.294. The summed E-state index contributed by atoms with van der Waals surface area (Å²) in [6.07, 6.45) is 8.28. The van der Waals surface area contributed by atoms with E-state index in [1.54, 1.807) is 11.7 Å². The number of anilines is 1. The Kier molecular flexibility index (Phi) is 5.50. The van der Waals surface area contributed by atoms with Crippen molar-refractivity contribution in [3.05, 3.63) is 15.8 Å². The largest absolute Gasteiger partial charge is 0.361 e. The van der Waals surface area contributed by atoms with Gasteiger partial charge in [0.15, 0.2) is 0 Å². The number of nitrogens with one attached hydrogen (secondary N) is 1. The van der Waals surface area contributed by atoms with Crippen molar-refractivity contribution in [2.45, 2.75) is 56.7 Å². The molecule has 0 radical (unpaired) electrons. The third-order valence-electron chi connectivity index (χ3n) is 4.09. The average Bonchev–Trinajstić information content (AvgIpc) is 2.76. The van der Waals surface area contributed by atoms with Crippen molar-refractivity contribution in [3.63, 3.8) is 0 Å². The van der Waals surface area contributed by atoms with Gasteiger partial charge in [0.25, 0.3) is 0 Å². The van der Waals surface area contributed by atoms with Gasteiger partial charge in [-0.1, -0.05) is 26.2 Å². The maximum atomic E-state index is 11.4. The van der Waals surface area contributed by atoms with Crippen molar-refractivity contribution in [2.75, 3.05) is 11.6 Å². The molecule has 118 valence electrons. The van der Waals surface area contributed by atoms with E-state index >= 15 is 0 Å². The first-order chi connectivity index (χ1) is 10.1. The van der Waals surface area contributed by atoms with Gasteiger partial charge in [0, 0.05) is 18.3 Å². The third-order valence-corrected chi connectivity index (χ3v) is 5.26. The van der Waals surface area contributed by atoms with Gasteiger partial charge >= 0.3 is 5.69 Å². The monoisotopic (exact) mass is 312 g/mol. The number of nitro groups is 1. The quantitative estimate of drug-likeness (QED) is 0.644. The van der Waals surface area contributed by atoms with Gasteiger partial charge in [-0.3, -0.25) is 10.1 Å². The zero-order valence-corrected chi connectivity index (χ0v) is 13.8. The van der Waals surface area contributed by atoms with E-state index in [2.05, 4.69) is 16.7 Å². The van der Waals surface area contributed by atoms with Crippen molar-refractivity contribution in [2.24, 2.45) is 7.05 Å². The van der Waals surface area contributed by atoms with E-state index in [-0.39, 0.29) is 16.7 Å². The van der Waals surface area contributed by atoms with Crippen molar-refractivity contribution in [1.29, 1.82) is 0 Å². The number of aromatic nitrogens is 2. The number of nitrogens with zero attached hydrogens (tertiary/aromatic N) is 3. The van der Waals surface area contributed by atoms with E-state index in [1.165, 1.54) is 19.3 Å². The maximum absolute atomic E-state index is 11.4. The van der Waals surface area contributed by atoms with Crippen LogP contribution in [0, 0.1) is 10.1 Å². The van der Waals surface area contributed by atoms with Gasteiger partial charge < -0.3 is 5.32 Å². The lowest BCUT2D eigenvalue weighted by Crippen LogP contribution is -2.35. The second kappa shape index (κ2) is 7.15. The predicted molar refractivity (Wildman–Crippen MR) is 87.0 cm³/mol. The Morgan fingerprint density at radius 2 is 2.19 bits per heavy atom. The third kappa shape index (κ3) is 3.51. The smallest absolute Gasteiger partial charge is 0.333 e. The maximum Gasteiger partial charge on any atom is 0.333 e. The lowest BCUT2D eigenvalue weighted by atomic mass is 9.95. The number of hydrogen-bond acceptors (Lipinski definition) is 5. The first kappa shape index (κ1) is 16.1. The minimum absolute atomic E-state index is 0.157. The summed E-state index contributed by atoms with van der Waals surface area (Å²) in [5, 5.41) is 19.7. The Morgan fingerprint density at radius 3 is 2.81 bits per heavy atom. The van der Waals surface area contributed by atoms with Gasteiger partial charge in [-0.05, 0) is 25.5 Å². The van der Waals surface area contributed by atoms with Crippen LogP contribution in [0.25, 0.3) is 0 Å². The molecule has 0 spiro atoms. The molecule has 1 N–H and O–H groups in total. The van der Waals surface area contributed by atoms with Gasteiger partial charge in [0.05, 0.1) is 4.92 Å². The number of rotatable bonds is 6. The lowest BCUT2D eigenvalue weighted by Gasteiger charge is -2.31. The summed E-state index contributed by atoms with van der Waals surface area (Å²) < 4.78 is 1.63. The molecule has 2 unspecified atom stereocenters. The van der Waals surface area contributed by atoms with Crippen LogP contribution in [0.2, 0.25) is 0 Å². The van der Waals surface area contributed by atoms with Gasteiger partial charge in [0.1, 0.15) is 5.69 Å². The summed E-state index contributed by atoms with van der Waals surface area (Å²) in [5.41, 5.74) is 0.744. The van der Waals surface area contributed by atoms with E-state index in [0.29, 0.717) is 23.2 Å². The SMILES string of the molecule is CCCc1nn(C)c(NC2CCCCC2SC)c1[N+](=O)[O-]. The molecule has 1 saturated carbocycles. The highest BCUT2D eigenvalue weighted by Gasteiger charge is 2.31. The zero-order valence-electron chi connectivity index (χ0n) is 13.0. The van der Waals surface area contributed by atoms with Gasteiger partial charge in [0.2, 0.25) is 5.82 Å². The van der Waals surface area contributed by atoms with Gasteiger partial charge in [-0.2, -0.15) is 16.9 Å². The fourth-order valence-electron chi connectivity index (χ4n) is 3.05. The van der Waals surface area contributed by atoms with Gasteiger partial charge in [-0.15, -0.1) is 0 Å². The van der Waals surface area contributed by atoms with Crippen LogP contribution in [0.5, 0.6) is 0 Å². The topological polar surface area (TPSA) is 73.0 Å². The van der Waals surface area contributed by atoms with E-state index < -0.39 is 0 Å². The minimum Gasteiger partial charge on any atom is -0.361 e. The molecule has 2 atom stereocenters. The van der Waals surface area contributed by atoms with E-state index in [9.17, 15) is 10.1 Å². The van der Waals surface area contributed by atoms with Crippen molar-refractivity contribution >= 4 is 23.3 Å². The number of thioether (sulfide) groups is 1. The zero-order chi connectivity index (χ0) is 15.4. The average molecular weight is 312 g/mol. The second-order valence-corrected chi connectivity index (χ2v) is 6.66. The molecule has 1 aliphatic rings. The molecular weight excluding hydrogens is 288 g/mol. The molecule has 2 rings (SSSR count). The summed E-state index contributed by atoms with van der Waals surface area (Å²) in [4.78, 5) is 11.1. The van der Waals surface area contributed by atoms with Crippen LogP contribution in [-0.2, 0) is 13.5 Å². The molecule has 1 aromatic heterocycles. The molecule has 1 fully saturated rings. The number of hydrogen-bond donors (Lipinski definition) is 1. The normalized spacial score (nSPS) is 22.2. The molecule has 1 aromatic rings. The summed E-state index contributed by atoms with van der Waals surface area (Å²) in [6, 6.07) is 0.289. The van der Waals surface area contributed by atoms with Crippen molar-refractivity contribution in [3.8, 4) is 0 Å². The summed E-state index contributed by atoms with van der Waals surface area (Å²) in [7, 11) is 1.78. The predicted octanol–water partition coefficient (Wildman–Crippen LogP) is 3.37. The Balaban J connectivity index is 2.27. The Morgan fingerprint density at radius 1 is 1.48 bits per heavy atom. The molecule has 1 aliphatic carbocycles. The van der Waals surface area contributed by atoms with Crippen LogP contribution in [0.3, 0.4) is 0 Å². The molecule has 0 aliphatic heterocycles. The van der Waals surface area contributed by atoms with Crippen LogP contribution < -0.4 is 5.32 Å². The lowest BCUT2D eigenvalue weighted by molar-refractivity contribution is -0.384. The van der Waals surface area contributed by atoms with Crippen molar-refractivity contribution < 1.29 is 4.92 Å².